The van der Waals surface area contributed by atoms with Crippen LogP contribution in [0.2, 0.25) is 0 Å². The Labute approximate surface area is 138 Å². The molecule has 1 saturated heterocycles. The van der Waals surface area contributed by atoms with Gasteiger partial charge in [-0.1, -0.05) is 12.1 Å². The van der Waals surface area contributed by atoms with Crippen LogP contribution in [0.15, 0.2) is 29.3 Å². The maximum absolute atomic E-state index is 5.89. The Hall–Kier alpha value is -1.79. The summed E-state index contributed by atoms with van der Waals surface area (Å²) in [5, 5.41) is 3.16. The van der Waals surface area contributed by atoms with E-state index in [0.717, 1.165) is 64.5 Å². The number of morpholine rings is 1. The number of rotatable bonds is 8. The number of nitrogens with two attached hydrogens (primary N) is 1. The van der Waals surface area contributed by atoms with E-state index in [4.69, 9.17) is 15.2 Å². The Bertz CT molecular complexity index is 487. The van der Waals surface area contributed by atoms with Crippen LogP contribution in [-0.4, -0.2) is 63.9 Å². The third-order valence-corrected chi connectivity index (χ3v) is 3.87. The van der Waals surface area contributed by atoms with Gasteiger partial charge in [-0.2, -0.15) is 0 Å². The smallest absolute Gasteiger partial charge is 0.188 e. The molecule has 0 atom stereocenters. The Kier molecular flexibility index (Phi) is 7.69. The number of hydrogen-bond donors (Lipinski definition) is 2. The van der Waals surface area contributed by atoms with Crippen molar-refractivity contribution >= 4 is 5.96 Å². The van der Waals surface area contributed by atoms with Crippen molar-refractivity contribution in [1.29, 1.82) is 0 Å². The molecule has 6 nitrogen and oxygen atoms in total. The van der Waals surface area contributed by atoms with Crippen LogP contribution in [0, 0.1) is 0 Å². The highest BCUT2D eigenvalue weighted by Crippen LogP contribution is 2.12. The van der Waals surface area contributed by atoms with E-state index in [1.165, 1.54) is 5.56 Å². The molecule has 6 heteroatoms. The fraction of sp³-hybridized carbons (Fsp3) is 0.588. The van der Waals surface area contributed by atoms with Crippen LogP contribution < -0.4 is 15.8 Å². The predicted octanol–water partition coefficient (Wildman–Crippen LogP) is 0.864. The van der Waals surface area contributed by atoms with Crippen LogP contribution in [0.5, 0.6) is 5.75 Å². The molecule has 0 spiro atoms. The Balaban J connectivity index is 1.58. The van der Waals surface area contributed by atoms with Gasteiger partial charge in [0.25, 0.3) is 0 Å². The van der Waals surface area contributed by atoms with Crippen LogP contribution in [-0.2, 0) is 11.2 Å². The molecule has 128 valence electrons. The summed E-state index contributed by atoms with van der Waals surface area (Å²) in [5.74, 6) is 1.40. The topological polar surface area (TPSA) is 72.1 Å². The number of ether oxygens (including phenoxy) is 2. The fourth-order valence-electron chi connectivity index (χ4n) is 2.54. The highest BCUT2D eigenvalue weighted by atomic mass is 16.5. The number of nitrogens with zero attached hydrogens (tertiary/aromatic N) is 2. The standard InChI is InChI=1S/C17H28N4O2/c1-22-16-5-2-4-15(14-16)6-8-20-17(18)19-7-3-9-21-10-12-23-13-11-21/h2,4-5,14H,3,6-13H2,1H3,(H3,18,19,20). The van der Waals surface area contributed by atoms with E-state index in [9.17, 15) is 0 Å². The maximum Gasteiger partial charge on any atom is 0.188 e. The second-order valence-electron chi connectivity index (χ2n) is 5.60. The number of guanidine groups is 1. The summed E-state index contributed by atoms with van der Waals surface area (Å²) in [4.78, 5) is 6.78. The van der Waals surface area contributed by atoms with Gasteiger partial charge in [-0.05, 0) is 30.5 Å². The lowest BCUT2D eigenvalue weighted by Gasteiger charge is -2.26. The van der Waals surface area contributed by atoms with E-state index in [-0.39, 0.29) is 0 Å². The molecule has 1 aliphatic heterocycles. The normalized spacial score (nSPS) is 16.3. The van der Waals surface area contributed by atoms with Crippen LogP contribution in [0.4, 0.5) is 0 Å². The summed E-state index contributed by atoms with van der Waals surface area (Å²) in [6.07, 6.45) is 1.92. The van der Waals surface area contributed by atoms with Crippen molar-refractivity contribution in [3.8, 4) is 5.75 Å². The van der Waals surface area contributed by atoms with Crippen molar-refractivity contribution in [3.05, 3.63) is 29.8 Å². The van der Waals surface area contributed by atoms with Crippen molar-refractivity contribution in [3.63, 3.8) is 0 Å². The van der Waals surface area contributed by atoms with Crippen LogP contribution in [0.1, 0.15) is 12.0 Å². The molecule has 0 aromatic heterocycles. The van der Waals surface area contributed by atoms with Gasteiger partial charge in [-0.3, -0.25) is 9.89 Å². The Morgan fingerprint density at radius 1 is 1.39 bits per heavy atom. The lowest BCUT2D eigenvalue weighted by molar-refractivity contribution is 0.0377. The highest BCUT2D eigenvalue weighted by Gasteiger charge is 2.08. The van der Waals surface area contributed by atoms with Gasteiger partial charge >= 0.3 is 0 Å². The van der Waals surface area contributed by atoms with Crippen molar-refractivity contribution in [2.24, 2.45) is 10.7 Å². The van der Waals surface area contributed by atoms with Gasteiger partial charge in [0.15, 0.2) is 5.96 Å². The third-order valence-electron chi connectivity index (χ3n) is 3.87. The fourth-order valence-corrected chi connectivity index (χ4v) is 2.54. The molecule has 0 aliphatic carbocycles. The minimum atomic E-state index is 0.523. The van der Waals surface area contributed by atoms with Crippen LogP contribution in [0.3, 0.4) is 0 Å². The lowest BCUT2D eigenvalue weighted by Crippen LogP contribution is -2.37. The molecule has 1 aromatic rings. The molecule has 1 aliphatic rings. The number of nitrogens with one attached hydrogen (secondary N) is 1. The van der Waals surface area contributed by atoms with E-state index in [2.05, 4.69) is 21.3 Å². The van der Waals surface area contributed by atoms with E-state index in [1.807, 2.05) is 18.2 Å². The summed E-state index contributed by atoms with van der Waals surface area (Å²) < 4.78 is 10.5. The van der Waals surface area contributed by atoms with Crippen LogP contribution in [0.25, 0.3) is 0 Å². The van der Waals surface area contributed by atoms with Crippen molar-refractivity contribution in [1.82, 2.24) is 10.2 Å². The second-order valence-corrected chi connectivity index (χ2v) is 5.60. The first-order chi connectivity index (χ1) is 11.3. The molecule has 2 rings (SSSR count). The molecule has 0 amide bonds. The first-order valence-electron chi connectivity index (χ1n) is 8.25. The quantitative estimate of drug-likeness (QED) is 0.422. The lowest BCUT2D eigenvalue weighted by atomic mass is 10.1. The molecule has 1 fully saturated rings. The van der Waals surface area contributed by atoms with Gasteiger partial charge in [-0.25, -0.2) is 0 Å². The summed E-state index contributed by atoms with van der Waals surface area (Å²) in [7, 11) is 1.68. The molecule has 1 heterocycles. The van der Waals surface area contributed by atoms with E-state index in [0.29, 0.717) is 5.96 Å². The molecular weight excluding hydrogens is 292 g/mol. The Morgan fingerprint density at radius 3 is 3.00 bits per heavy atom. The minimum absolute atomic E-state index is 0.523. The molecule has 3 N–H and O–H groups in total. The molecule has 0 unspecified atom stereocenters. The van der Waals surface area contributed by atoms with Crippen molar-refractivity contribution in [2.45, 2.75) is 12.8 Å². The molecule has 0 radical (unpaired) electrons. The molecule has 1 aromatic carbocycles. The van der Waals surface area contributed by atoms with Gasteiger partial charge < -0.3 is 20.5 Å². The van der Waals surface area contributed by atoms with Gasteiger partial charge in [0.1, 0.15) is 5.75 Å². The minimum Gasteiger partial charge on any atom is -0.497 e. The first-order valence-corrected chi connectivity index (χ1v) is 8.25. The number of aliphatic imine (C=N–C) groups is 1. The molecule has 0 bridgehead atoms. The zero-order valence-electron chi connectivity index (χ0n) is 14.0. The second kappa shape index (κ2) is 10.1. The van der Waals surface area contributed by atoms with Gasteiger partial charge in [0.2, 0.25) is 0 Å². The van der Waals surface area contributed by atoms with E-state index < -0.39 is 0 Å². The zero-order chi connectivity index (χ0) is 16.3. The third kappa shape index (κ3) is 6.88. The summed E-state index contributed by atoms with van der Waals surface area (Å²) in [6.45, 7) is 6.33. The average molecular weight is 320 g/mol. The van der Waals surface area contributed by atoms with Crippen LogP contribution >= 0.6 is 0 Å². The monoisotopic (exact) mass is 320 g/mol. The van der Waals surface area contributed by atoms with Crippen molar-refractivity contribution < 1.29 is 9.47 Å². The summed E-state index contributed by atoms with van der Waals surface area (Å²) in [5.41, 5.74) is 7.11. The number of benzene rings is 1. The summed E-state index contributed by atoms with van der Waals surface area (Å²) >= 11 is 0. The van der Waals surface area contributed by atoms with Gasteiger partial charge in [0.05, 0.1) is 20.3 Å². The number of methoxy groups -OCH3 is 1. The van der Waals surface area contributed by atoms with Gasteiger partial charge in [-0.15, -0.1) is 0 Å². The van der Waals surface area contributed by atoms with E-state index in [1.54, 1.807) is 7.11 Å². The van der Waals surface area contributed by atoms with E-state index >= 15 is 0 Å². The molecule has 0 saturated carbocycles. The first kappa shape index (κ1) is 17.6. The molecular formula is C17H28N4O2. The van der Waals surface area contributed by atoms with Gasteiger partial charge in [0, 0.05) is 32.7 Å². The largest absolute Gasteiger partial charge is 0.497 e. The SMILES string of the molecule is COc1cccc(CCNC(N)=NCCCN2CCOCC2)c1. The maximum atomic E-state index is 5.89. The van der Waals surface area contributed by atoms with Crippen molar-refractivity contribution in [2.75, 3.05) is 53.0 Å². The predicted molar refractivity (Wildman–Crippen MR) is 93.1 cm³/mol. The zero-order valence-corrected chi connectivity index (χ0v) is 14.0. The average Bonchev–Trinajstić information content (AvgIpc) is 2.60. The summed E-state index contributed by atoms with van der Waals surface area (Å²) in [6, 6.07) is 8.07. The molecule has 23 heavy (non-hydrogen) atoms. The highest BCUT2D eigenvalue weighted by molar-refractivity contribution is 5.77. The number of hydrogen-bond acceptors (Lipinski definition) is 4. The Morgan fingerprint density at radius 2 is 2.22 bits per heavy atom.